The molecule has 2 rings (SSSR count). The number of benzene rings is 2. The molecule has 2 aromatic rings. The van der Waals surface area contributed by atoms with E-state index in [9.17, 15) is 4.79 Å². The van der Waals surface area contributed by atoms with Crippen LogP contribution in [0.15, 0.2) is 30.3 Å². The van der Waals surface area contributed by atoms with Crippen molar-refractivity contribution in [1.29, 1.82) is 0 Å². The lowest BCUT2D eigenvalue weighted by atomic mass is 10.1. The number of aryl methyl sites for hydroxylation is 2. The summed E-state index contributed by atoms with van der Waals surface area (Å²) in [6, 6.07) is 9.39. The molecule has 0 unspecified atom stereocenters. The standard InChI is InChI=1S/C21H27ClN2O3/c1-6-24(12-16-10-20(27-5)19(26-4)9-15(16)3)13-21(25)23-18-11-17(22)8-7-14(18)2/h7-11H,6,12-13H2,1-5H3,(H,23,25). The van der Waals surface area contributed by atoms with Crippen molar-refractivity contribution in [3.8, 4) is 11.5 Å². The van der Waals surface area contributed by atoms with Crippen molar-refractivity contribution in [2.75, 3.05) is 32.6 Å². The van der Waals surface area contributed by atoms with Crippen molar-refractivity contribution in [3.05, 3.63) is 52.0 Å². The number of nitrogens with one attached hydrogen (secondary N) is 1. The fourth-order valence-electron chi connectivity index (χ4n) is 2.84. The van der Waals surface area contributed by atoms with Crippen molar-refractivity contribution in [3.63, 3.8) is 0 Å². The molecule has 0 aliphatic rings. The number of hydrogen-bond acceptors (Lipinski definition) is 4. The Kier molecular flexibility index (Phi) is 7.51. The van der Waals surface area contributed by atoms with Gasteiger partial charge in [-0.15, -0.1) is 0 Å². The summed E-state index contributed by atoms with van der Waals surface area (Å²) in [5.41, 5.74) is 3.91. The van der Waals surface area contributed by atoms with Crippen LogP contribution in [0.4, 0.5) is 5.69 Å². The monoisotopic (exact) mass is 390 g/mol. The number of methoxy groups -OCH3 is 2. The summed E-state index contributed by atoms with van der Waals surface area (Å²) in [6.45, 7) is 7.68. The lowest BCUT2D eigenvalue weighted by molar-refractivity contribution is -0.117. The van der Waals surface area contributed by atoms with Gasteiger partial charge in [0.15, 0.2) is 11.5 Å². The second-order valence-corrected chi connectivity index (χ2v) is 6.88. The maximum atomic E-state index is 12.5. The van der Waals surface area contributed by atoms with Crippen LogP contribution in [0.2, 0.25) is 5.02 Å². The third-order valence-electron chi connectivity index (χ3n) is 4.52. The van der Waals surface area contributed by atoms with E-state index in [1.807, 2.05) is 45.0 Å². The molecule has 0 aromatic heterocycles. The number of rotatable bonds is 8. The zero-order chi connectivity index (χ0) is 20.0. The van der Waals surface area contributed by atoms with E-state index in [-0.39, 0.29) is 12.5 Å². The zero-order valence-corrected chi connectivity index (χ0v) is 17.3. The van der Waals surface area contributed by atoms with E-state index < -0.39 is 0 Å². The number of nitrogens with zero attached hydrogens (tertiary/aromatic N) is 1. The van der Waals surface area contributed by atoms with E-state index in [2.05, 4.69) is 10.2 Å². The minimum absolute atomic E-state index is 0.0691. The molecule has 0 aliphatic carbocycles. The molecule has 6 heteroatoms. The molecule has 1 amide bonds. The molecule has 27 heavy (non-hydrogen) atoms. The number of halogens is 1. The number of likely N-dealkylation sites (N-methyl/N-ethyl adjacent to an activating group) is 1. The Morgan fingerprint density at radius 1 is 1.07 bits per heavy atom. The summed E-state index contributed by atoms with van der Waals surface area (Å²) in [5, 5.41) is 3.55. The Balaban J connectivity index is 2.09. The van der Waals surface area contributed by atoms with Gasteiger partial charge in [-0.3, -0.25) is 9.69 Å². The van der Waals surface area contributed by atoms with E-state index in [1.54, 1.807) is 20.3 Å². The van der Waals surface area contributed by atoms with E-state index in [0.29, 0.717) is 23.1 Å². The highest BCUT2D eigenvalue weighted by atomic mass is 35.5. The number of hydrogen-bond donors (Lipinski definition) is 1. The van der Waals surface area contributed by atoms with E-state index in [0.717, 1.165) is 28.9 Å². The molecule has 0 spiro atoms. The number of amides is 1. The van der Waals surface area contributed by atoms with Crippen LogP contribution in [-0.4, -0.2) is 38.1 Å². The summed E-state index contributed by atoms with van der Waals surface area (Å²) in [7, 11) is 3.24. The van der Waals surface area contributed by atoms with Gasteiger partial charge in [0.25, 0.3) is 0 Å². The molecular formula is C21H27ClN2O3. The highest BCUT2D eigenvalue weighted by Crippen LogP contribution is 2.30. The highest BCUT2D eigenvalue weighted by Gasteiger charge is 2.15. The lowest BCUT2D eigenvalue weighted by Crippen LogP contribution is -2.33. The molecule has 0 saturated heterocycles. The van der Waals surface area contributed by atoms with Crippen LogP contribution in [0, 0.1) is 13.8 Å². The molecule has 0 heterocycles. The first-order chi connectivity index (χ1) is 12.9. The Morgan fingerprint density at radius 2 is 1.74 bits per heavy atom. The molecule has 5 nitrogen and oxygen atoms in total. The first-order valence-corrected chi connectivity index (χ1v) is 9.25. The smallest absolute Gasteiger partial charge is 0.238 e. The zero-order valence-electron chi connectivity index (χ0n) is 16.6. The van der Waals surface area contributed by atoms with Gasteiger partial charge in [0.1, 0.15) is 0 Å². The largest absolute Gasteiger partial charge is 0.493 e. The summed E-state index contributed by atoms with van der Waals surface area (Å²) >= 11 is 6.03. The maximum absolute atomic E-state index is 12.5. The SMILES string of the molecule is CCN(CC(=O)Nc1cc(Cl)ccc1C)Cc1cc(OC)c(OC)cc1C. The van der Waals surface area contributed by atoms with Crippen LogP contribution in [0.3, 0.4) is 0 Å². The highest BCUT2D eigenvalue weighted by molar-refractivity contribution is 6.31. The summed E-state index contributed by atoms with van der Waals surface area (Å²) in [5.74, 6) is 1.32. The summed E-state index contributed by atoms with van der Waals surface area (Å²) in [6.07, 6.45) is 0. The van der Waals surface area contributed by atoms with Gasteiger partial charge in [0, 0.05) is 17.3 Å². The third-order valence-corrected chi connectivity index (χ3v) is 4.76. The van der Waals surface area contributed by atoms with E-state index in [4.69, 9.17) is 21.1 Å². The quantitative estimate of drug-likeness (QED) is 0.724. The normalized spacial score (nSPS) is 10.8. The Labute approximate surface area is 166 Å². The van der Waals surface area contributed by atoms with Gasteiger partial charge < -0.3 is 14.8 Å². The fraction of sp³-hybridized carbons (Fsp3) is 0.381. The summed E-state index contributed by atoms with van der Waals surface area (Å²) < 4.78 is 10.7. The van der Waals surface area contributed by atoms with Gasteiger partial charge in [-0.2, -0.15) is 0 Å². The Morgan fingerprint density at radius 3 is 2.37 bits per heavy atom. The fourth-order valence-corrected chi connectivity index (χ4v) is 3.01. The van der Waals surface area contributed by atoms with E-state index >= 15 is 0 Å². The van der Waals surface area contributed by atoms with Crippen LogP contribution in [0.1, 0.15) is 23.6 Å². The topological polar surface area (TPSA) is 50.8 Å². The van der Waals surface area contributed by atoms with Gasteiger partial charge >= 0.3 is 0 Å². The predicted octanol–water partition coefficient (Wildman–Crippen LogP) is 4.43. The number of anilines is 1. The molecule has 0 saturated carbocycles. The molecule has 2 aromatic carbocycles. The average Bonchev–Trinajstić information content (AvgIpc) is 2.65. The lowest BCUT2D eigenvalue weighted by Gasteiger charge is -2.22. The van der Waals surface area contributed by atoms with Crippen LogP contribution >= 0.6 is 11.6 Å². The van der Waals surface area contributed by atoms with E-state index in [1.165, 1.54) is 0 Å². The number of carbonyl (C=O) groups excluding carboxylic acids is 1. The van der Waals surface area contributed by atoms with Crippen LogP contribution in [-0.2, 0) is 11.3 Å². The molecule has 1 N–H and O–H groups in total. The van der Waals surface area contributed by atoms with Crippen molar-refractivity contribution in [1.82, 2.24) is 4.90 Å². The Hall–Kier alpha value is -2.24. The van der Waals surface area contributed by atoms with Crippen molar-refractivity contribution in [2.24, 2.45) is 0 Å². The van der Waals surface area contributed by atoms with Crippen molar-refractivity contribution < 1.29 is 14.3 Å². The van der Waals surface area contributed by atoms with Crippen molar-refractivity contribution in [2.45, 2.75) is 27.3 Å². The molecular weight excluding hydrogens is 364 g/mol. The van der Waals surface area contributed by atoms with Gasteiger partial charge in [-0.1, -0.05) is 24.6 Å². The predicted molar refractivity (Wildman–Crippen MR) is 110 cm³/mol. The van der Waals surface area contributed by atoms with Crippen LogP contribution in [0.5, 0.6) is 11.5 Å². The molecule has 0 radical (unpaired) electrons. The van der Waals surface area contributed by atoms with Crippen LogP contribution < -0.4 is 14.8 Å². The molecule has 0 atom stereocenters. The molecule has 0 aliphatic heterocycles. The third kappa shape index (κ3) is 5.62. The number of ether oxygens (including phenoxy) is 2. The maximum Gasteiger partial charge on any atom is 0.238 e. The van der Waals surface area contributed by atoms with Gasteiger partial charge in [0.2, 0.25) is 5.91 Å². The Bertz CT molecular complexity index is 808. The van der Waals surface area contributed by atoms with Gasteiger partial charge in [-0.25, -0.2) is 0 Å². The molecule has 146 valence electrons. The van der Waals surface area contributed by atoms with Crippen molar-refractivity contribution >= 4 is 23.2 Å². The first-order valence-electron chi connectivity index (χ1n) is 8.87. The van der Waals surface area contributed by atoms with Gasteiger partial charge in [-0.05, 0) is 61.3 Å². The molecule has 0 fully saturated rings. The second kappa shape index (κ2) is 9.62. The average molecular weight is 391 g/mol. The second-order valence-electron chi connectivity index (χ2n) is 6.44. The minimum Gasteiger partial charge on any atom is -0.493 e. The first kappa shape index (κ1) is 21.1. The summed E-state index contributed by atoms with van der Waals surface area (Å²) in [4.78, 5) is 14.6. The minimum atomic E-state index is -0.0691. The van der Waals surface area contributed by atoms with Crippen LogP contribution in [0.25, 0.3) is 0 Å². The number of carbonyl (C=O) groups is 1. The van der Waals surface area contributed by atoms with Gasteiger partial charge in [0.05, 0.1) is 20.8 Å². The molecule has 0 bridgehead atoms.